The average Bonchev–Trinajstić information content (AvgIpc) is 3.08. The molecule has 1 aliphatic rings. The fourth-order valence-electron chi connectivity index (χ4n) is 1.83. The Morgan fingerprint density at radius 3 is 2.81 bits per heavy atom. The van der Waals surface area contributed by atoms with Crippen molar-refractivity contribution in [2.45, 2.75) is 24.4 Å². The SMILES string of the molecule is COC(=O)C(O)C1(c2cccc(Cl)n2)CC1. The largest absolute Gasteiger partial charge is 0.467 e. The smallest absolute Gasteiger partial charge is 0.335 e. The first kappa shape index (κ1) is 11.4. The van der Waals surface area contributed by atoms with Crippen LogP contribution in [-0.4, -0.2) is 29.3 Å². The molecule has 1 fully saturated rings. The second kappa shape index (κ2) is 4.03. The van der Waals surface area contributed by atoms with Crippen LogP contribution in [0.1, 0.15) is 18.5 Å². The summed E-state index contributed by atoms with van der Waals surface area (Å²) in [6.45, 7) is 0. The molecule has 0 radical (unpaired) electrons. The number of esters is 1. The van der Waals surface area contributed by atoms with Gasteiger partial charge in [0.1, 0.15) is 5.15 Å². The van der Waals surface area contributed by atoms with E-state index < -0.39 is 17.5 Å². The van der Waals surface area contributed by atoms with Gasteiger partial charge in [-0.2, -0.15) is 0 Å². The molecule has 1 aromatic heterocycles. The van der Waals surface area contributed by atoms with Crippen LogP contribution in [0.2, 0.25) is 5.15 Å². The fraction of sp³-hybridized carbons (Fsp3) is 0.455. The van der Waals surface area contributed by atoms with Gasteiger partial charge >= 0.3 is 5.97 Å². The highest BCUT2D eigenvalue weighted by Gasteiger charge is 2.55. The maximum atomic E-state index is 11.3. The molecule has 1 aromatic rings. The van der Waals surface area contributed by atoms with Crippen molar-refractivity contribution >= 4 is 17.6 Å². The Morgan fingerprint density at radius 1 is 1.62 bits per heavy atom. The molecule has 1 saturated carbocycles. The van der Waals surface area contributed by atoms with E-state index in [0.717, 1.165) is 12.8 Å². The second-order valence-corrected chi connectivity index (χ2v) is 4.31. The molecule has 0 saturated heterocycles. The van der Waals surface area contributed by atoms with Crippen LogP contribution in [0.25, 0.3) is 0 Å². The summed E-state index contributed by atoms with van der Waals surface area (Å²) in [6.07, 6.45) is 0.274. The van der Waals surface area contributed by atoms with Gasteiger partial charge in [0.15, 0.2) is 6.10 Å². The van der Waals surface area contributed by atoms with E-state index in [9.17, 15) is 9.90 Å². The quantitative estimate of drug-likeness (QED) is 0.640. The highest BCUT2D eigenvalue weighted by molar-refractivity contribution is 6.29. The van der Waals surface area contributed by atoms with E-state index in [1.807, 2.05) is 0 Å². The molecule has 0 bridgehead atoms. The van der Waals surface area contributed by atoms with Crippen LogP contribution >= 0.6 is 11.6 Å². The minimum atomic E-state index is -1.16. The van der Waals surface area contributed by atoms with Crippen molar-refractivity contribution in [2.24, 2.45) is 0 Å². The summed E-state index contributed by atoms with van der Waals surface area (Å²) in [6, 6.07) is 5.19. The van der Waals surface area contributed by atoms with Gasteiger partial charge in [-0.15, -0.1) is 0 Å². The number of hydrogen-bond donors (Lipinski definition) is 1. The van der Waals surface area contributed by atoms with Crippen LogP contribution in [0.15, 0.2) is 18.2 Å². The summed E-state index contributed by atoms with van der Waals surface area (Å²) < 4.78 is 4.54. The van der Waals surface area contributed by atoms with Gasteiger partial charge in [0, 0.05) is 5.41 Å². The van der Waals surface area contributed by atoms with Crippen molar-refractivity contribution in [3.63, 3.8) is 0 Å². The van der Waals surface area contributed by atoms with Crippen molar-refractivity contribution in [2.75, 3.05) is 7.11 Å². The van der Waals surface area contributed by atoms with E-state index >= 15 is 0 Å². The fourth-order valence-corrected chi connectivity index (χ4v) is 1.99. The molecule has 0 aliphatic heterocycles. The number of carbonyl (C=O) groups excluding carboxylic acids is 1. The standard InChI is InChI=1S/C11H12ClNO3/c1-16-10(15)9(14)11(5-6-11)7-3-2-4-8(12)13-7/h2-4,9,14H,5-6H2,1H3. The maximum Gasteiger partial charge on any atom is 0.335 e. The molecule has 0 aromatic carbocycles. The van der Waals surface area contributed by atoms with Crippen LogP contribution in [0.5, 0.6) is 0 Å². The zero-order valence-electron chi connectivity index (χ0n) is 8.81. The van der Waals surface area contributed by atoms with E-state index in [-0.39, 0.29) is 0 Å². The topological polar surface area (TPSA) is 59.4 Å². The lowest BCUT2D eigenvalue weighted by Crippen LogP contribution is -2.35. The first-order valence-corrected chi connectivity index (χ1v) is 5.37. The van der Waals surface area contributed by atoms with Crippen molar-refractivity contribution in [1.82, 2.24) is 4.98 Å². The van der Waals surface area contributed by atoms with Crippen molar-refractivity contribution in [1.29, 1.82) is 0 Å². The molecule has 0 spiro atoms. The van der Waals surface area contributed by atoms with Gasteiger partial charge in [-0.25, -0.2) is 9.78 Å². The monoisotopic (exact) mass is 241 g/mol. The Kier molecular flexibility index (Phi) is 2.86. The molecular weight excluding hydrogens is 230 g/mol. The average molecular weight is 242 g/mol. The number of pyridine rings is 1. The van der Waals surface area contributed by atoms with Gasteiger partial charge in [0.05, 0.1) is 12.8 Å². The third-order valence-electron chi connectivity index (χ3n) is 2.96. The number of hydrogen-bond acceptors (Lipinski definition) is 4. The third-order valence-corrected chi connectivity index (χ3v) is 3.17. The number of ether oxygens (including phenoxy) is 1. The molecule has 1 aliphatic carbocycles. The van der Waals surface area contributed by atoms with Crippen LogP contribution < -0.4 is 0 Å². The number of methoxy groups -OCH3 is 1. The number of rotatable bonds is 3. The summed E-state index contributed by atoms with van der Waals surface area (Å²) in [4.78, 5) is 15.5. The summed E-state index contributed by atoms with van der Waals surface area (Å²) in [7, 11) is 1.26. The molecule has 1 heterocycles. The number of aliphatic hydroxyl groups is 1. The number of aliphatic hydroxyl groups excluding tert-OH is 1. The van der Waals surface area contributed by atoms with Gasteiger partial charge in [-0.1, -0.05) is 17.7 Å². The third kappa shape index (κ3) is 1.79. The molecule has 1 atom stereocenters. The highest BCUT2D eigenvalue weighted by atomic mass is 35.5. The minimum Gasteiger partial charge on any atom is -0.467 e. The Bertz CT molecular complexity index is 417. The van der Waals surface area contributed by atoms with Gasteiger partial charge in [-0.05, 0) is 25.0 Å². The van der Waals surface area contributed by atoms with Crippen molar-refractivity contribution in [3.8, 4) is 0 Å². The van der Waals surface area contributed by atoms with E-state index in [4.69, 9.17) is 11.6 Å². The second-order valence-electron chi connectivity index (χ2n) is 3.93. The Labute approximate surface area is 98.2 Å². The van der Waals surface area contributed by atoms with Crippen LogP contribution in [-0.2, 0) is 14.9 Å². The van der Waals surface area contributed by atoms with E-state index in [2.05, 4.69) is 9.72 Å². The molecule has 86 valence electrons. The number of nitrogens with zero attached hydrogens (tertiary/aromatic N) is 1. The first-order valence-electron chi connectivity index (χ1n) is 4.99. The minimum absolute atomic E-state index is 0.362. The molecule has 5 heteroatoms. The number of carbonyl (C=O) groups is 1. The normalized spacial score (nSPS) is 18.9. The lowest BCUT2D eigenvalue weighted by Gasteiger charge is -2.19. The molecule has 16 heavy (non-hydrogen) atoms. The van der Waals surface area contributed by atoms with E-state index in [1.165, 1.54) is 7.11 Å². The number of aromatic nitrogens is 1. The molecular formula is C11H12ClNO3. The lowest BCUT2D eigenvalue weighted by atomic mass is 9.94. The predicted molar refractivity (Wildman–Crippen MR) is 58.2 cm³/mol. The summed E-state index contributed by atoms with van der Waals surface area (Å²) in [5.74, 6) is -0.626. The van der Waals surface area contributed by atoms with Crippen molar-refractivity contribution in [3.05, 3.63) is 29.0 Å². The van der Waals surface area contributed by atoms with Crippen LogP contribution in [0.4, 0.5) is 0 Å². The highest BCUT2D eigenvalue weighted by Crippen LogP contribution is 2.50. The van der Waals surface area contributed by atoms with Gasteiger partial charge in [-0.3, -0.25) is 0 Å². The van der Waals surface area contributed by atoms with Crippen LogP contribution in [0, 0.1) is 0 Å². The Morgan fingerprint density at radius 2 is 2.31 bits per heavy atom. The van der Waals surface area contributed by atoms with E-state index in [0.29, 0.717) is 10.8 Å². The molecule has 2 rings (SSSR count). The summed E-state index contributed by atoms with van der Waals surface area (Å²) >= 11 is 5.79. The van der Waals surface area contributed by atoms with Gasteiger partial charge < -0.3 is 9.84 Å². The van der Waals surface area contributed by atoms with Crippen molar-refractivity contribution < 1.29 is 14.6 Å². The summed E-state index contributed by atoms with van der Waals surface area (Å²) in [5, 5.41) is 10.3. The molecule has 1 N–H and O–H groups in total. The predicted octanol–water partition coefficient (Wildman–Crippen LogP) is 1.30. The lowest BCUT2D eigenvalue weighted by molar-refractivity contribution is -0.152. The summed E-state index contributed by atoms with van der Waals surface area (Å²) in [5.41, 5.74) is 0.0516. The first-order chi connectivity index (χ1) is 7.60. The van der Waals surface area contributed by atoms with Crippen LogP contribution in [0.3, 0.4) is 0 Å². The Hall–Kier alpha value is -1.13. The van der Waals surface area contributed by atoms with E-state index in [1.54, 1.807) is 18.2 Å². The molecule has 1 unspecified atom stereocenters. The molecule has 0 amide bonds. The zero-order chi connectivity index (χ0) is 11.8. The van der Waals surface area contributed by atoms with Gasteiger partial charge in [0.25, 0.3) is 0 Å². The zero-order valence-corrected chi connectivity index (χ0v) is 9.57. The Balaban J connectivity index is 2.29. The maximum absolute atomic E-state index is 11.3. The number of halogens is 1. The molecule has 4 nitrogen and oxygen atoms in total. The van der Waals surface area contributed by atoms with Gasteiger partial charge in [0.2, 0.25) is 0 Å².